The number of carbonyl (C=O) groups is 2. The summed E-state index contributed by atoms with van der Waals surface area (Å²) in [4.78, 5) is 24.8. The molecule has 3 aromatic carbocycles. The smallest absolute Gasteiger partial charge is 0.271 e. The summed E-state index contributed by atoms with van der Waals surface area (Å²) in [5.74, 6) is 0.700. The summed E-state index contributed by atoms with van der Waals surface area (Å²) in [7, 11) is 0. The fraction of sp³-hybridized carbons (Fsp3) is 0.174. The van der Waals surface area contributed by atoms with Gasteiger partial charge in [-0.3, -0.25) is 9.59 Å². The van der Waals surface area contributed by atoms with Crippen LogP contribution in [0.2, 0.25) is 0 Å². The number of fused-ring (bicyclic) bond motifs is 2. The van der Waals surface area contributed by atoms with E-state index in [4.69, 9.17) is 9.47 Å². The molecule has 0 saturated heterocycles. The van der Waals surface area contributed by atoms with Crippen molar-refractivity contribution in [2.75, 3.05) is 18.5 Å². The maximum Gasteiger partial charge on any atom is 0.271 e. The lowest BCUT2D eigenvalue weighted by molar-refractivity contribution is -0.115. The molecule has 0 aliphatic carbocycles. The number of hydrogen-bond donors (Lipinski definition) is 2. The van der Waals surface area contributed by atoms with E-state index >= 15 is 0 Å². The molecule has 0 aromatic heterocycles. The number of amides is 2. The van der Waals surface area contributed by atoms with Crippen molar-refractivity contribution in [3.05, 3.63) is 66.2 Å². The van der Waals surface area contributed by atoms with Crippen LogP contribution in [0.15, 0.2) is 65.8 Å². The molecule has 0 atom stereocenters. The average Bonchev–Trinajstić information content (AvgIpc) is 2.77. The molecule has 0 unspecified atom stereocenters. The highest BCUT2D eigenvalue weighted by Crippen LogP contribution is 2.32. The lowest BCUT2D eigenvalue weighted by Crippen LogP contribution is -2.22. The summed E-state index contributed by atoms with van der Waals surface area (Å²) in [5, 5.41) is 8.69. The van der Waals surface area contributed by atoms with Crippen molar-refractivity contribution in [1.29, 1.82) is 0 Å². The van der Waals surface area contributed by atoms with Gasteiger partial charge in [0.05, 0.1) is 6.42 Å². The predicted octanol–water partition coefficient (Wildman–Crippen LogP) is 3.75. The first-order valence-electron chi connectivity index (χ1n) is 9.61. The Labute approximate surface area is 173 Å². The molecule has 30 heavy (non-hydrogen) atoms. The van der Waals surface area contributed by atoms with E-state index in [-0.39, 0.29) is 18.2 Å². The van der Waals surface area contributed by atoms with Crippen LogP contribution in [0.25, 0.3) is 10.8 Å². The highest BCUT2D eigenvalue weighted by molar-refractivity contribution is 6.08. The minimum atomic E-state index is -0.321. The minimum absolute atomic E-state index is 0.0459. The fourth-order valence-electron chi connectivity index (χ4n) is 3.23. The molecule has 0 spiro atoms. The van der Waals surface area contributed by atoms with E-state index in [0.717, 1.165) is 10.8 Å². The maximum atomic E-state index is 12.5. The number of carbonyl (C=O) groups excluding carboxylic acids is 2. The molecule has 2 N–H and O–H groups in total. The number of ether oxygens (including phenoxy) is 2. The van der Waals surface area contributed by atoms with Gasteiger partial charge in [0, 0.05) is 23.0 Å². The first kappa shape index (κ1) is 19.4. The Kier molecular flexibility index (Phi) is 5.61. The van der Waals surface area contributed by atoms with E-state index in [1.165, 1.54) is 0 Å². The molecule has 0 bridgehead atoms. The molecule has 2 amide bonds. The van der Waals surface area contributed by atoms with Crippen LogP contribution in [0.3, 0.4) is 0 Å². The van der Waals surface area contributed by atoms with Crippen LogP contribution < -0.4 is 20.2 Å². The van der Waals surface area contributed by atoms with Crippen molar-refractivity contribution >= 4 is 34.0 Å². The molecule has 1 aliphatic heterocycles. The monoisotopic (exact) mass is 403 g/mol. The van der Waals surface area contributed by atoms with Crippen LogP contribution in [0.1, 0.15) is 23.7 Å². The largest absolute Gasteiger partial charge is 0.486 e. The molecular weight excluding hydrogens is 382 g/mol. The molecule has 0 saturated carbocycles. The van der Waals surface area contributed by atoms with Gasteiger partial charge in [0.2, 0.25) is 5.91 Å². The summed E-state index contributed by atoms with van der Waals surface area (Å²) < 4.78 is 11.0. The number of nitrogens with zero attached hydrogens (tertiary/aromatic N) is 1. The fourth-order valence-corrected chi connectivity index (χ4v) is 3.23. The standard InChI is InChI=1S/C23H21N3O4/c1-15(13-22(27)24-17-9-10-20-21(14-17)30-12-11-29-20)25-26-23(28)19-8-4-6-16-5-2-3-7-18(16)19/h2-10,14H,11-13H2,1H3,(H,24,27)(H,26,28)/b25-15+. The zero-order valence-corrected chi connectivity index (χ0v) is 16.5. The van der Waals surface area contributed by atoms with Gasteiger partial charge < -0.3 is 14.8 Å². The minimum Gasteiger partial charge on any atom is -0.486 e. The van der Waals surface area contributed by atoms with Crippen LogP contribution in [0.5, 0.6) is 11.5 Å². The van der Waals surface area contributed by atoms with Gasteiger partial charge in [-0.25, -0.2) is 5.43 Å². The number of rotatable bonds is 5. The lowest BCUT2D eigenvalue weighted by atomic mass is 10.0. The molecular formula is C23H21N3O4. The van der Waals surface area contributed by atoms with Gasteiger partial charge in [-0.1, -0.05) is 36.4 Å². The number of hydrogen-bond acceptors (Lipinski definition) is 5. The summed E-state index contributed by atoms with van der Waals surface area (Å²) in [6.07, 6.45) is 0.0459. The van der Waals surface area contributed by atoms with E-state index in [1.54, 1.807) is 31.2 Å². The van der Waals surface area contributed by atoms with Gasteiger partial charge >= 0.3 is 0 Å². The third-order valence-electron chi connectivity index (χ3n) is 4.62. The Hall–Kier alpha value is -3.87. The number of nitrogens with one attached hydrogen (secondary N) is 2. The summed E-state index contributed by atoms with van der Waals surface area (Å²) in [5.41, 5.74) is 4.16. The van der Waals surface area contributed by atoms with Gasteiger partial charge in [0.25, 0.3) is 5.91 Å². The second-order valence-electron chi connectivity index (χ2n) is 6.90. The molecule has 3 aromatic rings. The van der Waals surface area contributed by atoms with Crippen molar-refractivity contribution < 1.29 is 19.1 Å². The molecule has 1 aliphatic rings. The maximum absolute atomic E-state index is 12.5. The topological polar surface area (TPSA) is 89.0 Å². The van der Waals surface area contributed by atoms with E-state index in [2.05, 4.69) is 15.8 Å². The van der Waals surface area contributed by atoms with Gasteiger partial charge in [-0.15, -0.1) is 0 Å². The van der Waals surface area contributed by atoms with Gasteiger partial charge in [-0.2, -0.15) is 5.10 Å². The van der Waals surface area contributed by atoms with Crippen LogP contribution in [-0.4, -0.2) is 30.7 Å². The Morgan fingerprint density at radius 1 is 0.967 bits per heavy atom. The highest BCUT2D eigenvalue weighted by atomic mass is 16.6. The van der Waals surface area contributed by atoms with Crippen molar-refractivity contribution in [3.8, 4) is 11.5 Å². The lowest BCUT2D eigenvalue weighted by Gasteiger charge is -2.19. The second kappa shape index (κ2) is 8.65. The zero-order chi connectivity index (χ0) is 20.9. The molecule has 7 nitrogen and oxygen atoms in total. The zero-order valence-electron chi connectivity index (χ0n) is 16.5. The third-order valence-corrected chi connectivity index (χ3v) is 4.62. The Morgan fingerprint density at radius 3 is 2.60 bits per heavy atom. The SMILES string of the molecule is C/C(CC(=O)Nc1ccc2c(c1)OCCO2)=N\NC(=O)c1cccc2ccccc12. The van der Waals surface area contributed by atoms with Gasteiger partial charge in [0.1, 0.15) is 13.2 Å². The molecule has 7 heteroatoms. The van der Waals surface area contributed by atoms with Crippen molar-refractivity contribution in [3.63, 3.8) is 0 Å². The number of benzene rings is 3. The molecule has 1 heterocycles. The average molecular weight is 403 g/mol. The Morgan fingerprint density at radius 2 is 1.73 bits per heavy atom. The molecule has 0 fully saturated rings. The third kappa shape index (κ3) is 4.41. The highest BCUT2D eigenvalue weighted by Gasteiger charge is 2.13. The van der Waals surface area contributed by atoms with E-state index < -0.39 is 0 Å². The van der Waals surface area contributed by atoms with Crippen molar-refractivity contribution in [2.24, 2.45) is 5.10 Å². The van der Waals surface area contributed by atoms with Gasteiger partial charge in [0.15, 0.2) is 11.5 Å². The van der Waals surface area contributed by atoms with E-state index in [1.807, 2.05) is 36.4 Å². The molecule has 152 valence electrons. The Bertz CT molecular complexity index is 1140. The van der Waals surface area contributed by atoms with Crippen LogP contribution in [0.4, 0.5) is 5.69 Å². The summed E-state index contributed by atoms with van der Waals surface area (Å²) >= 11 is 0. The summed E-state index contributed by atoms with van der Waals surface area (Å²) in [6.45, 7) is 2.68. The van der Waals surface area contributed by atoms with Crippen molar-refractivity contribution in [1.82, 2.24) is 5.43 Å². The van der Waals surface area contributed by atoms with E-state index in [0.29, 0.717) is 41.7 Å². The summed E-state index contributed by atoms with van der Waals surface area (Å²) in [6, 6.07) is 18.4. The van der Waals surface area contributed by atoms with Crippen LogP contribution >= 0.6 is 0 Å². The number of anilines is 1. The first-order chi connectivity index (χ1) is 14.6. The predicted molar refractivity (Wildman–Crippen MR) is 115 cm³/mol. The quantitative estimate of drug-likeness (QED) is 0.502. The normalized spacial score (nSPS) is 13.0. The van der Waals surface area contributed by atoms with Crippen LogP contribution in [0, 0.1) is 0 Å². The number of hydrazone groups is 1. The first-order valence-corrected chi connectivity index (χ1v) is 9.61. The second-order valence-corrected chi connectivity index (χ2v) is 6.90. The Balaban J connectivity index is 1.37. The van der Waals surface area contributed by atoms with Gasteiger partial charge in [-0.05, 0) is 35.9 Å². The van der Waals surface area contributed by atoms with Crippen molar-refractivity contribution in [2.45, 2.75) is 13.3 Å². The van der Waals surface area contributed by atoms with Crippen LogP contribution in [-0.2, 0) is 4.79 Å². The molecule has 0 radical (unpaired) electrons. The van der Waals surface area contributed by atoms with E-state index in [9.17, 15) is 9.59 Å². The molecule has 4 rings (SSSR count).